The lowest BCUT2D eigenvalue weighted by molar-refractivity contribution is -0.112. The number of aryl methyl sites for hydroxylation is 3. The third-order valence-electron chi connectivity index (χ3n) is 4.68. The zero-order valence-electron chi connectivity index (χ0n) is 16.9. The average Bonchev–Trinajstić information content (AvgIpc) is 2.92. The summed E-state index contributed by atoms with van der Waals surface area (Å²) in [6.45, 7) is 7.87. The number of halogens is 1. The molecule has 0 saturated heterocycles. The molecule has 29 heavy (non-hydrogen) atoms. The van der Waals surface area contributed by atoms with Crippen molar-refractivity contribution in [2.24, 2.45) is 0 Å². The van der Waals surface area contributed by atoms with Crippen LogP contribution in [0.15, 0.2) is 54.1 Å². The number of aromatic nitrogens is 1. The Morgan fingerprint density at radius 2 is 1.76 bits per heavy atom. The Morgan fingerprint density at radius 3 is 2.38 bits per heavy atom. The Labute approximate surface area is 176 Å². The van der Waals surface area contributed by atoms with Crippen LogP contribution in [0, 0.1) is 39.0 Å². The number of rotatable bonds is 4. The normalized spacial score (nSPS) is 11.2. The minimum atomic E-state index is -0.426. The topological polar surface area (TPSA) is 57.8 Å². The van der Waals surface area contributed by atoms with E-state index >= 15 is 0 Å². The number of nitrogens with one attached hydrogen (secondary N) is 1. The monoisotopic (exact) mass is 403 g/mol. The maximum atomic E-state index is 12.7. The van der Waals surface area contributed by atoms with Crippen LogP contribution >= 0.6 is 11.6 Å². The van der Waals surface area contributed by atoms with E-state index in [1.54, 1.807) is 6.08 Å². The van der Waals surface area contributed by atoms with Gasteiger partial charge in [-0.25, -0.2) is 0 Å². The second-order valence-corrected chi connectivity index (χ2v) is 7.58. The molecule has 0 aliphatic heterocycles. The molecule has 0 aliphatic carbocycles. The summed E-state index contributed by atoms with van der Waals surface area (Å²) in [6.07, 6.45) is 1.63. The summed E-state index contributed by atoms with van der Waals surface area (Å²) in [5, 5.41) is 13.0. The van der Waals surface area contributed by atoms with Gasteiger partial charge in [0.05, 0.1) is 0 Å². The third kappa shape index (κ3) is 4.59. The molecule has 4 nitrogen and oxygen atoms in total. The maximum absolute atomic E-state index is 12.7. The quantitative estimate of drug-likeness (QED) is 0.434. The van der Waals surface area contributed by atoms with E-state index in [4.69, 9.17) is 11.6 Å². The predicted molar refractivity (Wildman–Crippen MR) is 118 cm³/mol. The fourth-order valence-electron chi connectivity index (χ4n) is 3.50. The maximum Gasteiger partial charge on any atom is 0.266 e. The van der Waals surface area contributed by atoms with Crippen LogP contribution in [0.3, 0.4) is 0 Å². The molecule has 3 aromatic rings. The summed E-state index contributed by atoms with van der Waals surface area (Å²) in [7, 11) is 0. The minimum Gasteiger partial charge on any atom is -0.321 e. The van der Waals surface area contributed by atoms with Gasteiger partial charge in [0.1, 0.15) is 11.6 Å². The highest BCUT2D eigenvalue weighted by Gasteiger charge is 2.14. The van der Waals surface area contributed by atoms with Crippen LogP contribution in [-0.4, -0.2) is 10.5 Å². The second-order valence-electron chi connectivity index (χ2n) is 7.14. The van der Waals surface area contributed by atoms with Gasteiger partial charge in [-0.15, -0.1) is 0 Å². The van der Waals surface area contributed by atoms with E-state index in [1.807, 2.05) is 82.3 Å². The molecule has 0 atom stereocenters. The van der Waals surface area contributed by atoms with E-state index in [-0.39, 0.29) is 5.57 Å². The largest absolute Gasteiger partial charge is 0.321 e. The van der Waals surface area contributed by atoms with E-state index in [1.165, 1.54) is 0 Å². The standard InChI is InChI=1S/C24H22ClN3O/c1-15-8-16(2)10-22(9-15)27-24(29)20(14-26)12-19-11-17(3)28(18(19)4)23-7-5-6-21(25)13-23/h5-13H,1-4H3,(H,27,29)/b20-12-. The van der Waals surface area contributed by atoms with Crippen molar-refractivity contribution in [3.8, 4) is 11.8 Å². The van der Waals surface area contributed by atoms with Gasteiger partial charge in [-0.05, 0) is 86.9 Å². The fourth-order valence-corrected chi connectivity index (χ4v) is 3.68. The number of hydrogen-bond donors (Lipinski definition) is 1. The van der Waals surface area contributed by atoms with Crippen LogP contribution in [0.5, 0.6) is 0 Å². The molecule has 0 spiro atoms. The van der Waals surface area contributed by atoms with Gasteiger partial charge < -0.3 is 9.88 Å². The van der Waals surface area contributed by atoms with Gasteiger partial charge in [0.25, 0.3) is 5.91 Å². The number of nitriles is 1. The number of carbonyl (C=O) groups excluding carboxylic acids is 1. The van der Waals surface area contributed by atoms with E-state index in [2.05, 4.69) is 9.88 Å². The van der Waals surface area contributed by atoms with Crippen molar-refractivity contribution in [2.45, 2.75) is 27.7 Å². The average molecular weight is 404 g/mol. The molecule has 0 saturated carbocycles. The summed E-state index contributed by atoms with van der Waals surface area (Å²) < 4.78 is 2.05. The van der Waals surface area contributed by atoms with Gasteiger partial charge in [0, 0.05) is 27.8 Å². The van der Waals surface area contributed by atoms with Crippen LogP contribution in [0.25, 0.3) is 11.8 Å². The molecule has 3 rings (SSSR count). The van der Waals surface area contributed by atoms with Gasteiger partial charge in [-0.2, -0.15) is 5.26 Å². The molecule has 1 heterocycles. The number of benzene rings is 2. The van der Waals surface area contributed by atoms with Gasteiger partial charge in [0.2, 0.25) is 0 Å². The third-order valence-corrected chi connectivity index (χ3v) is 4.92. The Hall–Kier alpha value is -3.29. The first-order chi connectivity index (χ1) is 13.8. The molecular formula is C24H22ClN3O. The highest BCUT2D eigenvalue weighted by molar-refractivity contribution is 6.30. The summed E-state index contributed by atoms with van der Waals surface area (Å²) >= 11 is 6.13. The lowest BCUT2D eigenvalue weighted by Gasteiger charge is -2.10. The Balaban J connectivity index is 1.94. The van der Waals surface area contributed by atoms with Crippen molar-refractivity contribution >= 4 is 29.3 Å². The van der Waals surface area contributed by atoms with E-state index in [0.717, 1.165) is 33.8 Å². The lowest BCUT2D eigenvalue weighted by atomic mass is 10.1. The summed E-state index contributed by atoms with van der Waals surface area (Å²) in [5.41, 5.74) is 6.49. The Morgan fingerprint density at radius 1 is 1.07 bits per heavy atom. The zero-order valence-corrected chi connectivity index (χ0v) is 17.6. The smallest absolute Gasteiger partial charge is 0.266 e. The molecule has 0 fully saturated rings. The molecule has 2 aromatic carbocycles. The second kappa shape index (κ2) is 8.38. The highest BCUT2D eigenvalue weighted by Crippen LogP contribution is 2.25. The van der Waals surface area contributed by atoms with Crippen LogP contribution in [0.4, 0.5) is 5.69 Å². The van der Waals surface area contributed by atoms with Gasteiger partial charge in [0.15, 0.2) is 0 Å². The molecule has 1 amide bonds. The summed E-state index contributed by atoms with van der Waals surface area (Å²) in [6, 6.07) is 17.3. The van der Waals surface area contributed by atoms with Gasteiger partial charge in [-0.3, -0.25) is 4.79 Å². The molecule has 5 heteroatoms. The number of anilines is 1. The Kier molecular flexibility index (Phi) is 5.91. The van der Waals surface area contributed by atoms with Crippen LogP contribution in [0.2, 0.25) is 5.02 Å². The number of nitrogens with zero attached hydrogens (tertiary/aromatic N) is 2. The SMILES string of the molecule is Cc1cc(C)cc(NC(=O)/C(C#N)=C\c2cc(C)n(-c3cccc(Cl)c3)c2C)c1. The van der Waals surface area contributed by atoms with Crippen molar-refractivity contribution in [1.82, 2.24) is 4.57 Å². The van der Waals surface area contributed by atoms with E-state index in [9.17, 15) is 10.1 Å². The van der Waals surface area contributed by atoms with E-state index in [0.29, 0.717) is 10.7 Å². The summed E-state index contributed by atoms with van der Waals surface area (Å²) in [5.74, 6) is -0.426. The van der Waals surface area contributed by atoms with Crippen LogP contribution < -0.4 is 5.32 Å². The summed E-state index contributed by atoms with van der Waals surface area (Å²) in [4.78, 5) is 12.7. The lowest BCUT2D eigenvalue weighted by Crippen LogP contribution is -2.13. The van der Waals surface area contributed by atoms with Crippen molar-refractivity contribution in [1.29, 1.82) is 5.26 Å². The first-order valence-corrected chi connectivity index (χ1v) is 9.62. The molecule has 1 N–H and O–H groups in total. The first-order valence-electron chi connectivity index (χ1n) is 9.25. The number of amides is 1. The van der Waals surface area contributed by atoms with Gasteiger partial charge >= 0.3 is 0 Å². The number of carbonyl (C=O) groups is 1. The molecule has 0 aliphatic rings. The predicted octanol–water partition coefficient (Wildman–Crippen LogP) is 5.91. The molecule has 1 aromatic heterocycles. The van der Waals surface area contributed by atoms with E-state index < -0.39 is 5.91 Å². The first kappa shape index (κ1) is 20.4. The van der Waals surface area contributed by atoms with Crippen molar-refractivity contribution in [3.63, 3.8) is 0 Å². The molecule has 0 bridgehead atoms. The zero-order chi connectivity index (χ0) is 21.1. The minimum absolute atomic E-state index is 0.0514. The van der Waals surface area contributed by atoms with Crippen LogP contribution in [0.1, 0.15) is 28.1 Å². The molecular weight excluding hydrogens is 382 g/mol. The van der Waals surface area contributed by atoms with Crippen molar-refractivity contribution in [3.05, 3.63) is 87.2 Å². The van der Waals surface area contributed by atoms with Crippen LogP contribution in [-0.2, 0) is 4.79 Å². The fraction of sp³-hybridized carbons (Fsp3) is 0.167. The van der Waals surface area contributed by atoms with Crippen molar-refractivity contribution in [2.75, 3.05) is 5.32 Å². The molecule has 0 radical (unpaired) electrons. The van der Waals surface area contributed by atoms with Crippen molar-refractivity contribution < 1.29 is 4.79 Å². The molecule has 146 valence electrons. The number of hydrogen-bond acceptors (Lipinski definition) is 2. The van der Waals surface area contributed by atoms with Gasteiger partial charge in [-0.1, -0.05) is 23.7 Å². The molecule has 0 unspecified atom stereocenters. The highest BCUT2D eigenvalue weighted by atomic mass is 35.5. The Bertz CT molecular complexity index is 1150.